The average Bonchev–Trinajstić information content (AvgIpc) is 2.33. The molecule has 0 saturated heterocycles. The number of anilines is 2. The van der Waals surface area contributed by atoms with Crippen molar-refractivity contribution >= 4 is 27.4 Å². The van der Waals surface area contributed by atoms with Gasteiger partial charge in [-0.1, -0.05) is 0 Å². The summed E-state index contributed by atoms with van der Waals surface area (Å²) in [4.78, 5) is 4.13. The van der Waals surface area contributed by atoms with Gasteiger partial charge >= 0.3 is 6.18 Å². The molecule has 2 nitrogen and oxygen atoms in total. The lowest BCUT2D eigenvalue weighted by atomic mass is 10.2. The molecule has 0 unspecified atom stereocenters. The van der Waals surface area contributed by atoms with E-state index in [0.29, 0.717) is 11.5 Å². The smallest absolute Gasteiger partial charge is 0.340 e. The topological polar surface area (TPSA) is 24.9 Å². The second kappa shape index (κ2) is 5.21. The van der Waals surface area contributed by atoms with Gasteiger partial charge in [-0.05, 0) is 58.7 Å². The van der Waals surface area contributed by atoms with Crippen molar-refractivity contribution in [3.8, 4) is 0 Å². The first-order valence-electron chi connectivity index (χ1n) is 5.43. The lowest BCUT2D eigenvalue weighted by molar-refractivity contribution is -0.137. The Hall–Kier alpha value is -1.56. The van der Waals surface area contributed by atoms with Crippen LogP contribution >= 0.6 is 15.9 Å². The molecule has 0 bridgehead atoms. The maximum Gasteiger partial charge on any atom is 0.416 e. The second-order valence-electron chi connectivity index (χ2n) is 4.02. The van der Waals surface area contributed by atoms with Gasteiger partial charge in [-0.3, -0.25) is 0 Å². The molecule has 1 heterocycles. The molecule has 100 valence electrons. The van der Waals surface area contributed by atoms with Crippen molar-refractivity contribution in [1.29, 1.82) is 0 Å². The minimum absolute atomic E-state index is 0.558. The van der Waals surface area contributed by atoms with Gasteiger partial charge in [0.1, 0.15) is 5.82 Å². The van der Waals surface area contributed by atoms with Gasteiger partial charge in [-0.2, -0.15) is 13.2 Å². The van der Waals surface area contributed by atoms with Crippen LogP contribution in [0.2, 0.25) is 0 Å². The van der Waals surface area contributed by atoms with Gasteiger partial charge in [0.05, 0.1) is 5.56 Å². The molecule has 0 spiro atoms. The first-order chi connectivity index (χ1) is 8.86. The van der Waals surface area contributed by atoms with Crippen molar-refractivity contribution in [2.45, 2.75) is 13.1 Å². The number of nitrogens with zero attached hydrogens (tertiary/aromatic N) is 1. The Morgan fingerprint density at radius 3 is 2.32 bits per heavy atom. The average molecular weight is 331 g/mol. The third kappa shape index (κ3) is 3.47. The lowest BCUT2D eigenvalue weighted by Gasteiger charge is -2.09. The first kappa shape index (κ1) is 13.9. The molecular weight excluding hydrogens is 321 g/mol. The van der Waals surface area contributed by atoms with Gasteiger partial charge in [0.2, 0.25) is 0 Å². The maximum absolute atomic E-state index is 12.4. The molecule has 0 aliphatic rings. The summed E-state index contributed by atoms with van der Waals surface area (Å²) in [6.45, 7) is 1.91. The molecule has 0 aliphatic carbocycles. The molecule has 1 aromatic heterocycles. The molecule has 2 aromatic rings. The Morgan fingerprint density at radius 1 is 1.16 bits per heavy atom. The Labute approximate surface area is 116 Å². The fraction of sp³-hybridized carbons (Fsp3) is 0.154. The van der Waals surface area contributed by atoms with E-state index >= 15 is 0 Å². The van der Waals surface area contributed by atoms with Crippen LogP contribution in [0.5, 0.6) is 0 Å². The Kier molecular flexibility index (Phi) is 3.80. The zero-order chi connectivity index (χ0) is 14.0. The van der Waals surface area contributed by atoms with Gasteiger partial charge in [0.15, 0.2) is 0 Å². The normalized spacial score (nSPS) is 11.4. The van der Waals surface area contributed by atoms with Crippen molar-refractivity contribution in [3.05, 3.63) is 52.1 Å². The quantitative estimate of drug-likeness (QED) is 0.845. The number of aryl methyl sites for hydroxylation is 1. The van der Waals surface area contributed by atoms with Crippen LogP contribution in [-0.2, 0) is 6.18 Å². The van der Waals surface area contributed by atoms with Crippen LogP contribution in [0.1, 0.15) is 11.1 Å². The third-order valence-corrected chi connectivity index (χ3v) is 3.36. The van der Waals surface area contributed by atoms with Crippen LogP contribution in [0.3, 0.4) is 0 Å². The summed E-state index contributed by atoms with van der Waals surface area (Å²) in [5.41, 5.74) is 0.879. The predicted molar refractivity (Wildman–Crippen MR) is 71.4 cm³/mol. The number of hydrogen-bond acceptors (Lipinski definition) is 2. The van der Waals surface area contributed by atoms with E-state index in [2.05, 4.69) is 26.2 Å². The molecular formula is C13H10BrF3N2. The molecule has 2 rings (SSSR count). The van der Waals surface area contributed by atoms with E-state index in [1.54, 1.807) is 6.20 Å². The number of hydrogen-bond donors (Lipinski definition) is 1. The van der Waals surface area contributed by atoms with Gasteiger partial charge in [0, 0.05) is 16.4 Å². The van der Waals surface area contributed by atoms with Crippen molar-refractivity contribution < 1.29 is 13.2 Å². The van der Waals surface area contributed by atoms with Crippen molar-refractivity contribution in [2.24, 2.45) is 0 Å². The minimum Gasteiger partial charge on any atom is -0.340 e. The van der Waals surface area contributed by atoms with Gasteiger partial charge in [-0.25, -0.2) is 4.98 Å². The number of rotatable bonds is 2. The molecule has 19 heavy (non-hydrogen) atoms. The standard InChI is InChI=1S/C13H10BrF3N2/c1-8-6-12(18-7-11(8)14)19-10-4-2-9(3-5-10)13(15,16)17/h2-7H,1H3,(H,18,19). The molecule has 1 aromatic carbocycles. The molecule has 0 radical (unpaired) electrons. The van der Waals surface area contributed by atoms with Crippen LogP contribution < -0.4 is 5.32 Å². The van der Waals surface area contributed by atoms with Crippen LogP contribution in [0.15, 0.2) is 41.0 Å². The largest absolute Gasteiger partial charge is 0.416 e. The van der Waals surface area contributed by atoms with E-state index in [1.165, 1.54) is 12.1 Å². The number of aromatic nitrogens is 1. The summed E-state index contributed by atoms with van der Waals surface area (Å²) >= 11 is 3.33. The molecule has 6 heteroatoms. The number of benzene rings is 1. The van der Waals surface area contributed by atoms with Crippen LogP contribution in [0, 0.1) is 6.92 Å². The Morgan fingerprint density at radius 2 is 1.79 bits per heavy atom. The zero-order valence-electron chi connectivity index (χ0n) is 9.92. The lowest BCUT2D eigenvalue weighted by Crippen LogP contribution is -2.04. The molecule has 0 fully saturated rings. The highest BCUT2D eigenvalue weighted by Gasteiger charge is 2.29. The van der Waals surface area contributed by atoms with Crippen molar-refractivity contribution in [1.82, 2.24) is 4.98 Å². The zero-order valence-corrected chi connectivity index (χ0v) is 11.5. The second-order valence-corrected chi connectivity index (χ2v) is 4.87. The minimum atomic E-state index is -4.31. The summed E-state index contributed by atoms with van der Waals surface area (Å²) < 4.78 is 38.1. The summed E-state index contributed by atoms with van der Waals surface area (Å²) in [5.74, 6) is 0.584. The van der Waals surface area contributed by atoms with Gasteiger partial charge in [0.25, 0.3) is 0 Å². The van der Waals surface area contributed by atoms with Crippen LogP contribution in [-0.4, -0.2) is 4.98 Å². The highest BCUT2D eigenvalue weighted by Crippen LogP contribution is 2.30. The van der Waals surface area contributed by atoms with Gasteiger partial charge < -0.3 is 5.32 Å². The molecule has 0 saturated carbocycles. The Bertz CT molecular complexity index is 579. The van der Waals surface area contributed by atoms with E-state index in [9.17, 15) is 13.2 Å². The third-order valence-electron chi connectivity index (χ3n) is 2.53. The maximum atomic E-state index is 12.4. The SMILES string of the molecule is Cc1cc(Nc2ccc(C(F)(F)F)cc2)ncc1Br. The van der Waals surface area contributed by atoms with E-state index < -0.39 is 11.7 Å². The monoisotopic (exact) mass is 330 g/mol. The van der Waals surface area contributed by atoms with E-state index in [-0.39, 0.29) is 0 Å². The molecule has 1 N–H and O–H groups in total. The number of halogens is 4. The number of nitrogens with one attached hydrogen (secondary N) is 1. The predicted octanol–water partition coefficient (Wildman–Crippen LogP) is 4.91. The fourth-order valence-electron chi connectivity index (χ4n) is 1.50. The summed E-state index contributed by atoms with van der Waals surface area (Å²) in [6.07, 6.45) is -2.67. The summed E-state index contributed by atoms with van der Waals surface area (Å²) in [6, 6.07) is 6.63. The van der Waals surface area contributed by atoms with Crippen molar-refractivity contribution in [2.75, 3.05) is 5.32 Å². The fourth-order valence-corrected chi connectivity index (χ4v) is 1.71. The molecule has 0 amide bonds. The summed E-state index contributed by atoms with van der Waals surface area (Å²) in [7, 11) is 0. The molecule has 0 atom stereocenters. The number of pyridine rings is 1. The Balaban J connectivity index is 2.17. The van der Waals surface area contributed by atoms with Gasteiger partial charge in [-0.15, -0.1) is 0 Å². The van der Waals surface area contributed by atoms with Crippen LogP contribution in [0.25, 0.3) is 0 Å². The summed E-state index contributed by atoms with van der Waals surface area (Å²) in [5, 5.41) is 2.95. The van der Waals surface area contributed by atoms with E-state index in [1.807, 2.05) is 13.0 Å². The molecule has 0 aliphatic heterocycles. The van der Waals surface area contributed by atoms with E-state index in [0.717, 1.165) is 22.2 Å². The first-order valence-corrected chi connectivity index (χ1v) is 6.22. The highest BCUT2D eigenvalue weighted by molar-refractivity contribution is 9.10. The van der Waals surface area contributed by atoms with Crippen molar-refractivity contribution in [3.63, 3.8) is 0 Å². The van der Waals surface area contributed by atoms with E-state index in [4.69, 9.17) is 0 Å². The van der Waals surface area contributed by atoms with Crippen LogP contribution in [0.4, 0.5) is 24.7 Å². The highest BCUT2D eigenvalue weighted by atomic mass is 79.9. The number of alkyl halides is 3.